The van der Waals surface area contributed by atoms with Crippen molar-refractivity contribution in [2.45, 2.75) is 43.7 Å². The molecule has 6 rings (SSSR count). The smallest absolute Gasteiger partial charge is 0.410 e. The number of nitrogens with zero attached hydrogens (tertiary/aromatic N) is 1. The molecule has 1 amide bonds. The monoisotopic (exact) mass is 475 g/mol. The highest BCUT2D eigenvalue weighted by atomic mass is 19.3. The summed E-state index contributed by atoms with van der Waals surface area (Å²) in [5.74, 6) is -0.902. The summed E-state index contributed by atoms with van der Waals surface area (Å²) < 4.78 is 45.8. The number of rotatable bonds is 4. The molecule has 2 unspecified atom stereocenters. The number of halogens is 3. The quantitative estimate of drug-likeness (QED) is 0.395. The van der Waals surface area contributed by atoms with Crippen molar-refractivity contribution >= 4 is 11.7 Å². The molecule has 2 heterocycles. The highest BCUT2D eigenvalue weighted by Crippen LogP contribution is 2.45. The van der Waals surface area contributed by atoms with E-state index in [0.29, 0.717) is 12.0 Å². The third-order valence-electron chi connectivity index (χ3n) is 7.55. The Balaban J connectivity index is 1.19. The van der Waals surface area contributed by atoms with Gasteiger partial charge in [-0.3, -0.25) is 4.90 Å². The maximum Gasteiger partial charge on any atom is 0.410 e. The highest BCUT2D eigenvalue weighted by molar-refractivity contribution is 5.79. The molecule has 35 heavy (non-hydrogen) atoms. The largest absolute Gasteiger partial charge is 0.448 e. The lowest BCUT2D eigenvalue weighted by atomic mass is 9.94. The molecule has 0 saturated carbocycles. The van der Waals surface area contributed by atoms with Gasteiger partial charge < -0.3 is 4.74 Å². The lowest BCUT2D eigenvalue weighted by Crippen LogP contribution is -2.43. The summed E-state index contributed by atoms with van der Waals surface area (Å²) in [6.45, 7) is 0.264. The molecule has 0 radical (unpaired) electrons. The normalized spacial score (nSPS) is 20.6. The van der Waals surface area contributed by atoms with Crippen molar-refractivity contribution in [2.24, 2.45) is 0 Å². The Bertz CT molecular complexity index is 1290. The van der Waals surface area contributed by atoms with Crippen LogP contribution in [-0.2, 0) is 4.74 Å². The van der Waals surface area contributed by atoms with Crippen LogP contribution in [0.1, 0.15) is 53.9 Å². The standard InChI is InChI=1S/C29H24F3NO2/c30-27-15-17(9-12-25(27)28(31)32)18-13-19-10-11-20(14-18)33(19)29(34)35-16-26-23-7-3-1-5-21(23)22-6-2-4-8-24(22)26/h1-9,12-13,15,19-20,26,28H,10-11,14,16H2. The fourth-order valence-corrected chi connectivity index (χ4v) is 5.90. The molecule has 1 fully saturated rings. The van der Waals surface area contributed by atoms with Gasteiger partial charge in [-0.25, -0.2) is 18.0 Å². The molecule has 6 heteroatoms. The molecule has 3 aromatic carbocycles. The molecular formula is C29H24F3NO2. The zero-order chi connectivity index (χ0) is 24.1. The van der Waals surface area contributed by atoms with Crippen molar-refractivity contribution in [2.75, 3.05) is 6.61 Å². The second kappa shape index (κ2) is 8.59. The molecule has 2 atom stereocenters. The summed E-state index contributed by atoms with van der Waals surface area (Å²) in [4.78, 5) is 15.0. The van der Waals surface area contributed by atoms with Gasteiger partial charge in [0, 0.05) is 12.0 Å². The molecule has 1 saturated heterocycles. The number of fused-ring (bicyclic) bond motifs is 5. The zero-order valence-electron chi connectivity index (χ0n) is 19.0. The second-order valence-corrected chi connectivity index (χ2v) is 9.44. The Morgan fingerprint density at radius 2 is 1.66 bits per heavy atom. The van der Waals surface area contributed by atoms with Crippen molar-refractivity contribution in [1.82, 2.24) is 4.90 Å². The fraction of sp³-hybridized carbons (Fsp3) is 0.276. The van der Waals surface area contributed by atoms with Crippen molar-refractivity contribution < 1.29 is 22.7 Å². The summed E-state index contributed by atoms with van der Waals surface area (Å²) in [6, 6.07) is 20.1. The van der Waals surface area contributed by atoms with E-state index < -0.39 is 17.8 Å². The van der Waals surface area contributed by atoms with Crippen LogP contribution < -0.4 is 0 Å². The maximum atomic E-state index is 14.1. The number of ether oxygens (including phenoxy) is 1. The van der Waals surface area contributed by atoms with Gasteiger partial charge >= 0.3 is 6.09 Å². The van der Waals surface area contributed by atoms with Crippen LogP contribution in [0.3, 0.4) is 0 Å². The van der Waals surface area contributed by atoms with Crippen LogP contribution in [0.4, 0.5) is 18.0 Å². The van der Waals surface area contributed by atoms with Gasteiger partial charge in [0.05, 0.1) is 11.6 Å². The van der Waals surface area contributed by atoms with Gasteiger partial charge in [-0.1, -0.05) is 60.7 Å². The van der Waals surface area contributed by atoms with E-state index in [0.717, 1.165) is 24.5 Å². The number of hydrogen-bond acceptors (Lipinski definition) is 2. The lowest BCUT2D eigenvalue weighted by molar-refractivity contribution is 0.0866. The number of hydrogen-bond donors (Lipinski definition) is 0. The Morgan fingerprint density at radius 3 is 2.29 bits per heavy atom. The van der Waals surface area contributed by atoms with Crippen LogP contribution in [0.5, 0.6) is 0 Å². The third kappa shape index (κ3) is 3.72. The number of carbonyl (C=O) groups is 1. The average Bonchev–Trinajstić information content (AvgIpc) is 3.33. The number of amides is 1. The Hall–Kier alpha value is -3.54. The van der Waals surface area contributed by atoms with Crippen molar-refractivity contribution in [3.8, 4) is 11.1 Å². The van der Waals surface area contributed by atoms with Crippen molar-refractivity contribution in [1.29, 1.82) is 0 Å². The first-order valence-electron chi connectivity index (χ1n) is 11.9. The van der Waals surface area contributed by atoms with Gasteiger partial charge in [0.15, 0.2) is 0 Å². The van der Waals surface area contributed by atoms with Crippen LogP contribution in [-0.4, -0.2) is 29.7 Å². The van der Waals surface area contributed by atoms with Gasteiger partial charge in [0.2, 0.25) is 0 Å². The van der Waals surface area contributed by atoms with Crippen LogP contribution in [0.2, 0.25) is 0 Å². The minimum absolute atomic E-state index is 0.00350. The summed E-state index contributed by atoms with van der Waals surface area (Å²) in [6.07, 6.45) is 0.955. The van der Waals surface area contributed by atoms with E-state index in [1.165, 1.54) is 28.3 Å². The topological polar surface area (TPSA) is 29.5 Å². The minimum Gasteiger partial charge on any atom is -0.448 e. The molecule has 3 aromatic rings. The summed E-state index contributed by atoms with van der Waals surface area (Å²) in [5, 5.41) is 0. The van der Waals surface area contributed by atoms with E-state index in [1.807, 2.05) is 30.3 Å². The predicted octanol–water partition coefficient (Wildman–Crippen LogP) is 7.33. The van der Waals surface area contributed by atoms with E-state index in [4.69, 9.17) is 4.74 Å². The molecular weight excluding hydrogens is 451 g/mol. The van der Waals surface area contributed by atoms with E-state index in [1.54, 1.807) is 11.0 Å². The maximum absolute atomic E-state index is 14.1. The average molecular weight is 476 g/mol. The molecule has 0 spiro atoms. The van der Waals surface area contributed by atoms with Crippen molar-refractivity contribution in [3.05, 3.63) is 101 Å². The van der Waals surface area contributed by atoms with Gasteiger partial charge in [-0.05, 0) is 64.8 Å². The van der Waals surface area contributed by atoms with Crippen molar-refractivity contribution in [3.63, 3.8) is 0 Å². The van der Waals surface area contributed by atoms with E-state index >= 15 is 0 Å². The predicted molar refractivity (Wildman–Crippen MR) is 128 cm³/mol. The van der Waals surface area contributed by atoms with Gasteiger partial charge in [0.25, 0.3) is 6.43 Å². The molecule has 2 bridgehead atoms. The van der Waals surface area contributed by atoms with Crippen LogP contribution in [0, 0.1) is 5.82 Å². The van der Waals surface area contributed by atoms with E-state index in [-0.39, 0.29) is 30.7 Å². The molecule has 3 nitrogen and oxygen atoms in total. The summed E-state index contributed by atoms with van der Waals surface area (Å²) in [5.41, 5.74) is 5.59. The third-order valence-corrected chi connectivity index (χ3v) is 7.55. The number of benzene rings is 3. The fourth-order valence-electron chi connectivity index (χ4n) is 5.90. The van der Waals surface area contributed by atoms with Gasteiger partial charge in [0.1, 0.15) is 12.4 Å². The SMILES string of the molecule is O=C(OCC1c2ccccc2-c2ccccc21)N1C2C=C(c3ccc(C(F)F)c(F)c3)CC1CC2. The Morgan fingerprint density at radius 1 is 0.971 bits per heavy atom. The number of carbonyl (C=O) groups excluding carboxylic acids is 1. The zero-order valence-corrected chi connectivity index (χ0v) is 19.0. The molecule has 3 aliphatic rings. The van der Waals surface area contributed by atoms with E-state index in [9.17, 15) is 18.0 Å². The number of alkyl halides is 2. The molecule has 2 aliphatic heterocycles. The first kappa shape index (κ1) is 22.0. The first-order valence-corrected chi connectivity index (χ1v) is 11.9. The Labute approximate surface area is 201 Å². The summed E-state index contributed by atoms with van der Waals surface area (Å²) in [7, 11) is 0. The van der Waals surface area contributed by atoms with Crippen LogP contribution in [0.15, 0.2) is 72.8 Å². The molecule has 0 N–H and O–H groups in total. The Kier molecular flexibility index (Phi) is 5.39. The molecule has 1 aliphatic carbocycles. The van der Waals surface area contributed by atoms with Gasteiger partial charge in [-0.15, -0.1) is 0 Å². The minimum atomic E-state index is -2.84. The molecule has 178 valence electrons. The first-order chi connectivity index (χ1) is 17.0. The van der Waals surface area contributed by atoms with Crippen LogP contribution >= 0.6 is 0 Å². The second-order valence-electron chi connectivity index (χ2n) is 9.44. The van der Waals surface area contributed by atoms with Crippen LogP contribution in [0.25, 0.3) is 16.7 Å². The lowest BCUT2D eigenvalue weighted by Gasteiger charge is -2.33. The van der Waals surface area contributed by atoms with E-state index in [2.05, 4.69) is 24.3 Å². The highest BCUT2D eigenvalue weighted by Gasteiger charge is 2.41. The summed E-state index contributed by atoms with van der Waals surface area (Å²) >= 11 is 0. The molecule has 0 aromatic heterocycles. The van der Waals surface area contributed by atoms with Gasteiger partial charge in [-0.2, -0.15) is 0 Å².